The number of hydrogen-bond acceptors (Lipinski definition) is 13. The zero-order valence-corrected chi connectivity index (χ0v) is 41.6. The van der Waals surface area contributed by atoms with Crippen LogP contribution >= 0.6 is 23.5 Å². The van der Waals surface area contributed by atoms with E-state index in [0.29, 0.717) is 23.2 Å². The van der Waals surface area contributed by atoms with Crippen molar-refractivity contribution in [1.29, 1.82) is 10.5 Å². The highest BCUT2D eigenvalue weighted by atomic mass is 32.2. The molecule has 0 aromatic carbocycles. The number of aliphatic hydroxyl groups excluding tert-OH is 1. The first-order valence-corrected chi connectivity index (χ1v) is 25.9. The minimum Gasteiger partial charge on any atom is -0.395 e. The average Bonchev–Trinajstić information content (AvgIpc) is 4.25. The van der Waals surface area contributed by atoms with Crippen molar-refractivity contribution in [3.8, 4) is 40.1 Å². The van der Waals surface area contributed by atoms with E-state index in [1.807, 2.05) is 82.5 Å². The molecule has 71 heavy (non-hydrogen) atoms. The van der Waals surface area contributed by atoms with Crippen molar-refractivity contribution in [1.82, 2.24) is 58.4 Å². The number of fused-ring (bicyclic) bond motifs is 2. The molecule has 3 fully saturated rings. The molecule has 0 unspecified atom stereocenters. The molecule has 1 N–H and O–H groups in total. The molecule has 360 valence electrons. The summed E-state index contributed by atoms with van der Waals surface area (Å²) in [6, 6.07) is 19.2. The fourth-order valence-corrected chi connectivity index (χ4v) is 12.7. The maximum Gasteiger partial charge on any atom is 0.254 e. The van der Waals surface area contributed by atoms with Crippen molar-refractivity contribution < 1.29 is 14.6 Å². The summed E-state index contributed by atoms with van der Waals surface area (Å²) in [5.41, 5.74) is 9.13. The number of hydrogen-bond donors (Lipinski definition) is 1. The zero-order chi connectivity index (χ0) is 48.8. The molecule has 0 saturated carbocycles. The minimum atomic E-state index is -0.00371. The van der Waals surface area contributed by atoms with Gasteiger partial charge in [0.15, 0.2) is 0 Å². The summed E-state index contributed by atoms with van der Waals surface area (Å²) in [5, 5.41) is 46.2. The first-order chi connectivity index (χ1) is 34.7. The van der Waals surface area contributed by atoms with Crippen molar-refractivity contribution in [3.05, 3.63) is 115 Å². The van der Waals surface area contributed by atoms with Gasteiger partial charge >= 0.3 is 0 Å². The molecule has 0 spiro atoms. The number of aliphatic hydroxyl groups is 1. The molecule has 11 heterocycles. The lowest BCUT2D eigenvalue weighted by atomic mass is 10.0. The van der Waals surface area contributed by atoms with E-state index < -0.39 is 0 Å². The summed E-state index contributed by atoms with van der Waals surface area (Å²) in [4.78, 5) is 31.2. The standard InChI is InChI=1S/C52H54N15O2S2/c1-34-43(29-58-67(34)41-13-19-62(20-14-41)52(69)45-7-6-16-60(45)3)36-23-46(50-38(25-53)27-57-63(50)31-36)70-49-10-9-42(28-56-49)64-33-39(26-54)51-47(71-48-8-4-5-15-55-48)24-37(32-65(51)64)44-30-59-66(35(44)2)40-11-17-61(18-12-40)21-22-68/h4-5,8-10,15,23-24,27-33,40-41,45,68H,6-7,11-14,16-22H2,1-3H3/q+1/t45-/m0/s1. The van der Waals surface area contributed by atoms with Gasteiger partial charge in [-0.25, -0.2) is 14.5 Å². The van der Waals surface area contributed by atoms with Crippen LogP contribution in [0.5, 0.6) is 0 Å². The third kappa shape index (κ3) is 8.86. The van der Waals surface area contributed by atoms with Gasteiger partial charge in [-0.15, -0.1) is 4.52 Å². The van der Waals surface area contributed by atoms with E-state index in [1.54, 1.807) is 16.9 Å². The number of carbonyl (C=O) groups excluding carboxylic acids is 1. The molecule has 11 rings (SSSR count). The molecule has 3 aliphatic rings. The number of amides is 1. The number of β-amino-alcohol motifs (C(OH)–C–C–N with tert-alkyl or cyclic N) is 1. The van der Waals surface area contributed by atoms with Crippen molar-refractivity contribution in [3.63, 3.8) is 0 Å². The maximum absolute atomic E-state index is 13.3. The number of aromatic nitrogens is 10. The van der Waals surface area contributed by atoms with Crippen molar-refractivity contribution >= 4 is 40.5 Å². The van der Waals surface area contributed by atoms with Crippen LogP contribution in [-0.2, 0) is 4.79 Å². The summed E-state index contributed by atoms with van der Waals surface area (Å²) >= 11 is 2.97. The Balaban J connectivity index is 0.892. The normalized spacial score (nSPS) is 17.4. The minimum absolute atomic E-state index is 0.00371. The Bertz CT molecular complexity index is 3350. The van der Waals surface area contributed by atoms with Gasteiger partial charge in [0, 0.05) is 94.6 Å². The van der Waals surface area contributed by atoms with Gasteiger partial charge < -0.3 is 14.9 Å². The van der Waals surface area contributed by atoms with Gasteiger partial charge in [0.05, 0.1) is 60.6 Å². The van der Waals surface area contributed by atoms with Crippen LogP contribution in [0.2, 0.25) is 0 Å². The van der Waals surface area contributed by atoms with Gasteiger partial charge in [0.25, 0.3) is 5.69 Å². The second kappa shape index (κ2) is 19.7. The van der Waals surface area contributed by atoms with Gasteiger partial charge in [-0.3, -0.25) is 19.1 Å². The average molecular weight is 985 g/mol. The molecule has 17 nitrogen and oxygen atoms in total. The Morgan fingerprint density at radius 2 is 1.42 bits per heavy atom. The van der Waals surface area contributed by atoms with Crippen molar-refractivity contribution in [2.75, 3.05) is 52.9 Å². The molecule has 3 saturated heterocycles. The molecular weight excluding hydrogens is 931 g/mol. The predicted molar refractivity (Wildman–Crippen MR) is 268 cm³/mol. The summed E-state index contributed by atoms with van der Waals surface area (Å²) in [7, 11) is 2.05. The molecule has 19 heteroatoms. The van der Waals surface area contributed by atoms with Crippen LogP contribution in [0.25, 0.3) is 39.0 Å². The largest absolute Gasteiger partial charge is 0.395 e. The first-order valence-electron chi connectivity index (χ1n) is 24.3. The van der Waals surface area contributed by atoms with Gasteiger partial charge in [0.2, 0.25) is 12.1 Å². The van der Waals surface area contributed by atoms with Gasteiger partial charge in [0.1, 0.15) is 39.5 Å². The van der Waals surface area contributed by atoms with Crippen LogP contribution in [0.15, 0.2) is 112 Å². The smallest absolute Gasteiger partial charge is 0.254 e. The second-order valence-electron chi connectivity index (χ2n) is 18.7. The molecule has 0 radical (unpaired) electrons. The monoisotopic (exact) mass is 984 g/mol. The zero-order valence-electron chi connectivity index (χ0n) is 40.0. The quantitative estimate of drug-likeness (QED) is 0.125. The summed E-state index contributed by atoms with van der Waals surface area (Å²) in [5.74, 6) is 0.253. The van der Waals surface area contributed by atoms with E-state index in [4.69, 9.17) is 15.2 Å². The topological polar surface area (TPSA) is 182 Å². The van der Waals surface area contributed by atoms with E-state index in [1.165, 1.54) is 23.5 Å². The van der Waals surface area contributed by atoms with Crippen LogP contribution in [0.4, 0.5) is 0 Å². The lowest BCUT2D eigenvalue weighted by Gasteiger charge is -2.35. The molecular formula is C52H54N15O2S2+. The van der Waals surface area contributed by atoms with E-state index >= 15 is 0 Å². The molecule has 0 bridgehead atoms. The first kappa shape index (κ1) is 46.5. The highest BCUT2D eigenvalue weighted by molar-refractivity contribution is 7.99. The third-order valence-corrected chi connectivity index (χ3v) is 16.5. The Labute approximate surface area is 419 Å². The van der Waals surface area contributed by atoms with Crippen LogP contribution in [0, 0.1) is 36.5 Å². The number of nitrogens with zero attached hydrogens (tertiary/aromatic N) is 15. The number of nitriles is 2. The maximum atomic E-state index is 13.3. The highest BCUT2D eigenvalue weighted by Gasteiger charge is 2.34. The molecule has 8 aromatic heterocycles. The second-order valence-corrected chi connectivity index (χ2v) is 20.9. The Hall–Kier alpha value is -6.87. The van der Waals surface area contributed by atoms with Crippen LogP contribution in [-0.4, -0.2) is 128 Å². The molecule has 8 aromatic rings. The number of likely N-dealkylation sites (tertiary alicyclic amines) is 3. The lowest BCUT2D eigenvalue weighted by molar-refractivity contribution is -0.667. The molecule has 1 amide bonds. The van der Waals surface area contributed by atoms with Crippen LogP contribution < -0.4 is 4.68 Å². The lowest BCUT2D eigenvalue weighted by Crippen LogP contribution is -2.47. The Morgan fingerprint density at radius 1 is 0.761 bits per heavy atom. The number of rotatable bonds is 12. The molecule has 0 aliphatic carbocycles. The fourth-order valence-electron chi connectivity index (χ4n) is 10.8. The van der Waals surface area contributed by atoms with E-state index in [2.05, 4.69) is 73.6 Å². The summed E-state index contributed by atoms with van der Waals surface area (Å²) in [6.45, 7) is 9.32. The van der Waals surface area contributed by atoms with Crippen LogP contribution in [0.3, 0.4) is 0 Å². The summed E-state index contributed by atoms with van der Waals surface area (Å²) < 4.78 is 10.0. The fraction of sp³-hybridized carbons (Fsp3) is 0.365. The number of carbonyl (C=O) groups is 1. The number of pyridine rings is 4. The van der Waals surface area contributed by atoms with Gasteiger partial charge in [-0.2, -0.15) is 25.8 Å². The Kier molecular flexibility index (Phi) is 12.9. The third-order valence-electron chi connectivity index (χ3n) is 14.6. The van der Waals surface area contributed by atoms with Crippen molar-refractivity contribution in [2.24, 2.45) is 0 Å². The van der Waals surface area contributed by atoms with E-state index in [9.17, 15) is 20.4 Å². The van der Waals surface area contributed by atoms with Gasteiger partial charge in [-0.05, 0) is 96.3 Å². The summed E-state index contributed by atoms with van der Waals surface area (Å²) in [6.07, 6.45) is 20.5. The number of piperidine rings is 2. The van der Waals surface area contributed by atoms with E-state index in [-0.39, 0.29) is 30.6 Å². The van der Waals surface area contributed by atoms with Gasteiger partial charge in [-0.1, -0.05) is 34.3 Å². The SMILES string of the molecule is Cc1c(-c2cc(Sc3ccccn3)c3c(C#N)c[n+](-c4ccc(Sc5cc(-c6cnn(C7CCN(C(=O)[C@@H]8CCCN8C)CC7)c6C)cn6ncc(C#N)c56)nc4)n3c2)cnn1C1CCN(CCO)CC1. The molecule has 3 aliphatic heterocycles. The predicted octanol–water partition coefficient (Wildman–Crippen LogP) is 6.93. The molecule has 1 atom stereocenters. The Morgan fingerprint density at radius 3 is 2.03 bits per heavy atom. The van der Waals surface area contributed by atoms with Crippen molar-refractivity contribution in [2.45, 2.75) is 90.3 Å². The van der Waals surface area contributed by atoms with E-state index in [0.717, 1.165) is 136 Å². The highest BCUT2D eigenvalue weighted by Crippen LogP contribution is 2.39. The number of likely N-dealkylation sites (N-methyl/N-ethyl adjacent to an activating group) is 1. The van der Waals surface area contributed by atoms with Crippen LogP contribution in [0.1, 0.15) is 73.1 Å².